The van der Waals surface area contributed by atoms with Gasteiger partial charge in [-0.2, -0.15) is 0 Å². The Labute approximate surface area is 148 Å². The quantitative estimate of drug-likeness (QED) is 0.479. The molecule has 2 atom stereocenters. The number of rotatable bonds is 4. The first-order chi connectivity index (χ1) is 11.9. The van der Waals surface area contributed by atoms with E-state index in [4.69, 9.17) is 4.74 Å². The highest BCUT2D eigenvalue weighted by molar-refractivity contribution is 6.05. The largest absolute Gasteiger partial charge is 0.426 e. The molecule has 1 saturated heterocycles. The molecule has 0 bridgehead atoms. The van der Waals surface area contributed by atoms with Gasteiger partial charge in [0, 0.05) is 6.54 Å². The molecule has 1 saturated carbocycles. The first kappa shape index (κ1) is 17.6. The third kappa shape index (κ3) is 3.46. The summed E-state index contributed by atoms with van der Waals surface area (Å²) in [6, 6.07) is 3.93. The Balaban J connectivity index is 1.61. The summed E-state index contributed by atoms with van der Waals surface area (Å²) in [5.41, 5.74) is 2.93. The molecule has 2 aliphatic rings. The molecule has 2 amide bonds. The lowest BCUT2D eigenvalue weighted by Gasteiger charge is -2.19. The Morgan fingerprint density at radius 1 is 1.04 bits per heavy atom. The van der Waals surface area contributed by atoms with Gasteiger partial charge in [0.2, 0.25) is 11.8 Å². The molecule has 134 valence electrons. The van der Waals surface area contributed by atoms with E-state index >= 15 is 0 Å². The summed E-state index contributed by atoms with van der Waals surface area (Å²) in [5.74, 6) is -0.387. The maximum Gasteiger partial charge on any atom is 0.313 e. The van der Waals surface area contributed by atoms with Crippen LogP contribution in [-0.4, -0.2) is 29.2 Å². The van der Waals surface area contributed by atoms with Crippen LogP contribution in [-0.2, 0) is 14.4 Å². The van der Waals surface area contributed by atoms with Crippen LogP contribution in [0.25, 0.3) is 0 Å². The van der Waals surface area contributed by atoms with Gasteiger partial charge in [0.05, 0.1) is 18.3 Å². The number of carbonyl (C=O) groups is 3. The molecule has 1 aliphatic carbocycles. The first-order valence-corrected chi connectivity index (χ1v) is 9.02. The van der Waals surface area contributed by atoms with Crippen molar-refractivity contribution in [1.82, 2.24) is 4.90 Å². The number of hydrogen-bond acceptors (Lipinski definition) is 4. The van der Waals surface area contributed by atoms with E-state index in [9.17, 15) is 14.4 Å². The van der Waals surface area contributed by atoms with Crippen molar-refractivity contribution < 1.29 is 19.1 Å². The van der Waals surface area contributed by atoms with Crippen LogP contribution in [0.2, 0.25) is 0 Å². The summed E-state index contributed by atoms with van der Waals surface area (Å²) >= 11 is 0. The summed E-state index contributed by atoms with van der Waals surface area (Å²) in [7, 11) is 0. The van der Waals surface area contributed by atoms with Crippen molar-refractivity contribution >= 4 is 17.8 Å². The van der Waals surface area contributed by atoms with E-state index in [-0.39, 0.29) is 36.6 Å². The molecule has 1 aliphatic heterocycles. The van der Waals surface area contributed by atoms with Gasteiger partial charge < -0.3 is 4.74 Å². The standard InChI is InChI=1S/C20H25NO4/c1-12-10-13(2)18(14(3)11-12)25-17(22)8-9-21-19(23)15-6-4-5-7-16(15)20(21)24/h10-11,15-16H,4-9H2,1-3H3/t15-,16-/m0/s1. The zero-order valence-electron chi connectivity index (χ0n) is 15.1. The first-order valence-electron chi connectivity index (χ1n) is 9.02. The van der Waals surface area contributed by atoms with Crippen LogP contribution in [0, 0.1) is 32.6 Å². The third-order valence-electron chi connectivity index (χ3n) is 5.29. The van der Waals surface area contributed by atoms with Gasteiger partial charge >= 0.3 is 5.97 Å². The molecule has 1 aromatic rings. The van der Waals surface area contributed by atoms with E-state index in [2.05, 4.69) is 0 Å². The fourth-order valence-electron chi connectivity index (χ4n) is 4.15. The highest BCUT2D eigenvalue weighted by Gasteiger charge is 2.47. The average molecular weight is 343 g/mol. The van der Waals surface area contributed by atoms with E-state index in [0.29, 0.717) is 5.75 Å². The van der Waals surface area contributed by atoms with Gasteiger partial charge in [0.15, 0.2) is 0 Å². The average Bonchev–Trinajstić information content (AvgIpc) is 2.81. The number of aryl methyl sites for hydroxylation is 3. The molecule has 0 N–H and O–H groups in total. The minimum atomic E-state index is -0.412. The third-order valence-corrected chi connectivity index (χ3v) is 5.29. The van der Waals surface area contributed by atoms with Gasteiger partial charge in [-0.05, 0) is 44.7 Å². The summed E-state index contributed by atoms with van der Waals surface area (Å²) in [6.45, 7) is 5.92. The Morgan fingerprint density at radius 3 is 2.08 bits per heavy atom. The molecule has 0 unspecified atom stereocenters. The maximum atomic E-state index is 12.4. The number of likely N-dealkylation sites (tertiary alicyclic amines) is 1. The van der Waals surface area contributed by atoms with Crippen molar-refractivity contribution in [3.63, 3.8) is 0 Å². The molecule has 25 heavy (non-hydrogen) atoms. The van der Waals surface area contributed by atoms with E-state index in [1.54, 1.807) is 0 Å². The van der Waals surface area contributed by atoms with Crippen LogP contribution in [0.1, 0.15) is 48.8 Å². The van der Waals surface area contributed by atoms with Crippen LogP contribution in [0.5, 0.6) is 5.75 Å². The number of nitrogens with zero attached hydrogens (tertiary/aromatic N) is 1. The van der Waals surface area contributed by atoms with Crippen LogP contribution in [0.4, 0.5) is 0 Å². The zero-order valence-corrected chi connectivity index (χ0v) is 15.1. The van der Waals surface area contributed by atoms with Gasteiger partial charge in [-0.15, -0.1) is 0 Å². The van der Waals surface area contributed by atoms with Crippen LogP contribution in [0.15, 0.2) is 12.1 Å². The number of fused-ring (bicyclic) bond motifs is 1. The van der Waals surface area contributed by atoms with Crippen LogP contribution >= 0.6 is 0 Å². The number of ether oxygens (including phenoxy) is 1. The summed E-state index contributed by atoms with van der Waals surface area (Å²) in [5, 5.41) is 0. The number of amides is 2. The molecule has 3 rings (SSSR count). The van der Waals surface area contributed by atoms with Crippen LogP contribution in [0.3, 0.4) is 0 Å². The highest BCUT2D eigenvalue weighted by Crippen LogP contribution is 2.38. The number of benzene rings is 1. The number of carbonyl (C=O) groups excluding carboxylic acids is 3. The van der Waals surface area contributed by atoms with E-state index < -0.39 is 5.97 Å². The second-order valence-corrected chi connectivity index (χ2v) is 7.28. The molecule has 0 aromatic heterocycles. The van der Waals surface area contributed by atoms with Crippen molar-refractivity contribution in [3.8, 4) is 5.75 Å². The normalized spacial score (nSPS) is 22.9. The lowest BCUT2D eigenvalue weighted by Crippen LogP contribution is -2.33. The van der Waals surface area contributed by atoms with Gasteiger partial charge in [-0.25, -0.2) is 0 Å². The fraction of sp³-hybridized carbons (Fsp3) is 0.550. The molecular formula is C20H25NO4. The Hall–Kier alpha value is -2.17. The Morgan fingerprint density at radius 2 is 1.56 bits per heavy atom. The van der Waals surface area contributed by atoms with E-state index in [1.807, 2.05) is 32.9 Å². The molecule has 0 radical (unpaired) electrons. The Kier molecular flexibility index (Phi) is 4.93. The minimum absolute atomic E-state index is 0.0314. The van der Waals surface area contributed by atoms with Crippen molar-refractivity contribution in [2.75, 3.05) is 6.54 Å². The summed E-state index contributed by atoms with van der Waals surface area (Å²) < 4.78 is 5.49. The van der Waals surface area contributed by atoms with Crippen molar-refractivity contribution in [2.24, 2.45) is 11.8 Å². The molecule has 1 aromatic carbocycles. The predicted octanol–water partition coefficient (Wildman–Crippen LogP) is 3.08. The lowest BCUT2D eigenvalue weighted by atomic mass is 9.81. The van der Waals surface area contributed by atoms with Crippen molar-refractivity contribution in [1.29, 1.82) is 0 Å². The molecule has 2 fully saturated rings. The number of hydrogen-bond donors (Lipinski definition) is 0. The fourth-order valence-corrected chi connectivity index (χ4v) is 4.15. The lowest BCUT2D eigenvalue weighted by molar-refractivity contribution is -0.141. The monoisotopic (exact) mass is 343 g/mol. The molecular weight excluding hydrogens is 318 g/mol. The molecule has 5 heteroatoms. The van der Waals surface area contributed by atoms with Gasteiger partial charge in [0.1, 0.15) is 5.75 Å². The second kappa shape index (κ2) is 6.98. The highest BCUT2D eigenvalue weighted by atomic mass is 16.5. The second-order valence-electron chi connectivity index (χ2n) is 7.28. The van der Waals surface area contributed by atoms with Gasteiger partial charge in [-0.3, -0.25) is 19.3 Å². The Bertz CT molecular complexity index is 677. The number of imide groups is 1. The van der Waals surface area contributed by atoms with Gasteiger partial charge in [0.25, 0.3) is 0 Å². The summed E-state index contributed by atoms with van der Waals surface area (Å²) in [6.07, 6.45) is 3.61. The maximum absolute atomic E-state index is 12.4. The predicted molar refractivity (Wildman–Crippen MR) is 93.1 cm³/mol. The summed E-state index contributed by atoms with van der Waals surface area (Å²) in [4.78, 5) is 38.3. The zero-order chi connectivity index (χ0) is 18.1. The number of esters is 1. The molecule has 1 heterocycles. The smallest absolute Gasteiger partial charge is 0.313 e. The SMILES string of the molecule is Cc1cc(C)c(OC(=O)CCN2C(=O)[C@H]3CCCC[C@@H]3C2=O)c(C)c1. The van der Waals surface area contributed by atoms with Crippen molar-refractivity contribution in [2.45, 2.75) is 52.9 Å². The van der Waals surface area contributed by atoms with Crippen LogP contribution < -0.4 is 4.74 Å². The topological polar surface area (TPSA) is 63.7 Å². The molecule has 0 spiro atoms. The van der Waals surface area contributed by atoms with E-state index in [0.717, 1.165) is 42.4 Å². The molecule has 5 nitrogen and oxygen atoms in total. The van der Waals surface area contributed by atoms with Gasteiger partial charge in [-0.1, -0.05) is 30.5 Å². The van der Waals surface area contributed by atoms with E-state index in [1.165, 1.54) is 4.90 Å². The van der Waals surface area contributed by atoms with Crippen molar-refractivity contribution in [3.05, 3.63) is 28.8 Å². The minimum Gasteiger partial charge on any atom is -0.426 e.